The number of urea groups is 1. The Kier molecular flexibility index (Phi) is 8.43. The van der Waals surface area contributed by atoms with Crippen LogP contribution < -0.4 is 16.0 Å². The van der Waals surface area contributed by atoms with E-state index in [0.29, 0.717) is 34.9 Å². The van der Waals surface area contributed by atoms with E-state index in [2.05, 4.69) is 27.6 Å². The second kappa shape index (κ2) is 11.7. The van der Waals surface area contributed by atoms with E-state index in [1.165, 1.54) is 0 Å². The highest BCUT2D eigenvalue weighted by molar-refractivity contribution is 6.30. The summed E-state index contributed by atoms with van der Waals surface area (Å²) in [6, 6.07) is 14.4. The predicted molar refractivity (Wildman–Crippen MR) is 133 cm³/mol. The molecule has 7 nitrogen and oxygen atoms in total. The molecular formula is C25H26ClN5O2. The Hall–Kier alpha value is -3.84. The Balaban J connectivity index is 1.67. The molecule has 2 aromatic rings. The molecule has 0 saturated carbocycles. The van der Waals surface area contributed by atoms with Crippen LogP contribution in [0.4, 0.5) is 10.5 Å². The van der Waals surface area contributed by atoms with Crippen LogP contribution in [0.25, 0.3) is 0 Å². The van der Waals surface area contributed by atoms with Gasteiger partial charge in [-0.25, -0.2) is 4.79 Å². The van der Waals surface area contributed by atoms with Crippen molar-refractivity contribution in [1.29, 1.82) is 0 Å². The van der Waals surface area contributed by atoms with Crippen LogP contribution in [0.3, 0.4) is 0 Å². The van der Waals surface area contributed by atoms with Crippen LogP contribution in [-0.2, 0) is 4.79 Å². The lowest BCUT2D eigenvalue weighted by atomic mass is 10.1. The van der Waals surface area contributed by atoms with Gasteiger partial charge in [-0.05, 0) is 42.0 Å². The molecule has 1 aliphatic rings. The molecule has 0 aromatic heterocycles. The number of hydrogen-bond donors (Lipinski definition) is 3. The Morgan fingerprint density at radius 1 is 1.12 bits per heavy atom. The Labute approximate surface area is 198 Å². The second-order valence-corrected chi connectivity index (χ2v) is 7.79. The van der Waals surface area contributed by atoms with Gasteiger partial charge in [-0.3, -0.25) is 9.80 Å². The van der Waals surface area contributed by atoms with Gasteiger partial charge in [-0.1, -0.05) is 54.1 Å². The summed E-state index contributed by atoms with van der Waals surface area (Å²) in [6.45, 7) is 4.35. The predicted octanol–water partition coefficient (Wildman–Crippen LogP) is 4.64. The lowest BCUT2D eigenvalue weighted by molar-refractivity contribution is -0.122. The quantitative estimate of drug-likeness (QED) is 0.394. The number of halogens is 1. The van der Waals surface area contributed by atoms with Gasteiger partial charge >= 0.3 is 6.03 Å². The van der Waals surface area contributed by atoms with Gasteiger partial charge in [0.2, 0.25) is 0 Å². The highest BCUT2D eigenvalue weighted by atomic mass is 35.5. The average Bonchev–Trinajstić information content (AvgIpc) is 2.81. The Morgan fingerprint density at radius 3 is 2.48 bits per heavy atom. The first-order chi connectivity index (χ1) is 15.9. The van der Waals surface area contributed by atoms with Crippen LogP contribution in [0.15, 0.2) is 96.3 Å². The monoisotopic (exact) mass is 463 g/mol. The fraction of sp³-hybridized carbons (Fsp3) is 0.160. The maximum atomic E-state index is 13.1. The third-order valence-corrected chi connectivity index (χ3v) is 4.97. The van der Waals surface area contributed by atoms with Crippen LogP contribution in [-0.4, -0.2) is 36.3 Å². The lowest BCUT2D eigenvalue weighted by Crippen LogP contribution is -2.41. The van der Waals surface area contributed by atoms with Gasteiger partial charge in [0.1, 0.15) is 6.04 Å². The molecule has 0 bridgehead atoms. The van der Waals surface area contributed by atoms with Crippen molar-refractivity contribution in [3.8, 4) is 0 Å². The third kappa shape index (κ3) is 7.36. The number of anilines is 1. The maximum Gasteiger partial charge on any atom is 0.320 e. The third-order valence-electron chi connectivity index (χ3n) is 4.72. The van der Waals surface area contributed by atoms with Gasteiger partial charge in [0.25, 0.3) is 5.91 Å². The fourth-order valence-electron chi connectivity index (χ4n) is 3.14. The summed E-state index contributed by atoms with van der Waals surface area (Å²) in [5.41, 5.74) is 2.74. The molecule has 170 valence electrons. The number of allylic oxidation sites excluding steroid dienone is 3. The van der Waals surface area contributed by atoms with Gasteiger partial charge in [0.05, 0.1) is 12.3 Å². The van der Waals surface area contributed by atoms with E-state index in [-0.39, 0.29) is 5.91 Å². The zero-order valence-electron chi connectivity index (χ0n) is 18.3. The summed E-state index contributed by atoms with van der Waals surface area (Å²) in [5.74, 6) is -0.354. The first kappa shape index (κ1) is 23.8. The highest BCUT2D eigenvalue weighted by Crippen LogP contribution is 2.17. The SMILES string of the molecule is C=CCN(C)N=C1C=CC(NC(=O)C(NC(=O)Nc2ccc(Cl)cc2)c2ccccc2)=CC1. The molecule has 0 radical (unpaired) electrons. The number of hydrazone groups is 1. The zero-order chi connectivity index (χ0) is 23.6. The van der Waals surface area contributed by atoms with E-state index in [9.17, 15) is 9.59 Å². The first-order valence-corrected chi connectivity index (χ1v) is 10.8. The smallest absolute Gasteiger partial charge is 0.320 e. The molecule has 3 amide bonds. The molecule has 1 atom stereocenters. The van der Waals surface area contributed by atoms with Gasteiger partial charge in [-0.2, -0.15) is 5.10 Å². The van der Waals surface area contributed by atoms with Gasteiger partial charge < -0.3 is 16.0 Å². The minimum absolute atomic E-state index is 0.354. The average molecular weight is 464 g/mol. The largest absolute Gasteiger partial charge is 0.324 e. The molecule has 8 heteroatoms. The number of likely N-dealkylation sites (N-methyl/N-ethyl adjacent to an activating group) is 1. The summed E-state index contributed by atoms with van der Waals surface area (Å²) in [7, 11) is 1.87. The van der Waals surface area contributed by atoms with Crippen LogP contribution >= 0.6 is 11.6 Å². The fourth-order valence-corrected chi connectivity index (χ4v) is 3.27. The number of benzene rings is 2. The van der Waals surface area contributed by atoms with Crippen molar-refractivity contribution in [2.45, 2.75) is 12.5 Å². The number of carbonyl (C=O) groups excluding carboxylic acids is 2. The highest BCUT2D eigenvalue weighted by Gasteiger charge is 2.23. The minimum Gasteiger partial charge on any atom is -0.324 e. The van der Waals surface area contributed by atoms with Crippen molar-refractivity contribution in [3.63, 3.8) is 0 Å². The number of nitrogens with one attached hydrogen (secondary N) is 3. The molecule has 3 rings (SSSR count). The van der Waals surface area contributed by atoms with Crippen LogP contribution in [0, 0.1) is 0 Å². The van der Waals surface area contributed by atoms with E-state index in [1.807, 2.05) is 37.4 Å². The molecule has 0 heterocycles. The molecule has 0 spiro atoms. The first-order valence-electron chi connectivity index (χ1n) is 10.4. The zero-order valence-corrected chi connectivity index (χ0v) is 19.0. The molecule has 0 aliphatic heterocycles. The van der Waals surface area contributed by atoms with Crippen LogP contribution in [0.5, 0.6) is 0 Å². The van der Waals surface area contributed by atoms with Crippen molar-refractivity contribution in [1.82, 2.24) is 15.6 Å². The maximum absolute atomic E-state index is 13.1. The number of rotatable bonds is 8. The summed E-state index contributed by atoms with van der Waals surface area (Å²) < 4.78 is 0. The normalized spacial score (nSPS) is 14.7. The molecular weight excluding hydrogens is 438 g/mol. The molecule has 0 saturated heterocycles. The molecule has 0 fully saturated rings. The van der Waals surface area contributed by atoms with Crippen molar-refractivity contribution in [2.75, 3.05) is 18.9 Å². The number of amides is 3. The van der Waals surface area contributed by atoms with E-state index in [4.69, 9.17) is 11.6 Å². The minimum atomic E-state index is -0.887. The standard InChI is InChI=1S/C25H26ClN5O2/c1-3-17-31(2)30-22-15-13-20(14-16-22)27-24(32)23(18-7-5-4-6-8-18)29-25(33)28-21-11-9-19(26)10-12-21/h3-15,23H,1,16-17H2,2H3,(H,27,32)(H2,28,29,33). The number of carbonyl (C=O) groups is 2. The Morgan fingerprint density at radius 2 is 1.85 bits per heavy atom. The Bertz CT molecular complexity index is 1080. The lowest BCUT2D eigenvalue weighted by Gasteiger charge is -2.20. The second-order valence-electron chi connectivity index (χ2n) is 7.36. The molecule has 1 unspecified atom stereocenters. The van der Waals surface area contributed by atoms with E-state index >= 15 is 0 Å². The van der Waals surface area contributed by atoms with E-state index in [1.54, 1.807) is 53.6 Å². The summed E-state index contributed by atoms with van der Waals surface area (Å²) in [4.78, 5) is 25.7. The van der Waals surface area contributed by atoms with E-state index < -0.39 is 12.1 Å². The van der Waals surface area contributed by atoms with Crippen molar-refractivity contribution in [3.05, 3.63) is 102 Å². The van der Waals surface area contributed by atoms with Crippen molar-refractivity contribution in [2.24, 2.45) is 5.10 Å². The summed E-state index contributed by atoms with van der Waals surface area (Å²) >= 11 is 5.89. The van der Waals surface area contributed by atoms with Gasteiger partial charge in [0.15, 0.2) is 0 Å². The molecule has 33 heavy (non-hydrogen) atoms. The topological polar surface area (TPSA) is 85.8 Å². The molecule has 3 N–H and O–H groups in total. The molecule has 2 aromatic carbocycles. The van der Waals surface area contributed by atoms with Crippen molar-refractivity contribution >= 4 is 34.9 Å². The van der Waals surface area contributed by atoms with Crippen LogP contribution in [0.2, 0.25) is 5.02 Å². The summed E-state index contributed by atoms with van der Waals surface area (Å²) in [6.07, 6.45) is 7.88. The number of hydrogen-bond acceptors (Lipinski definition) is 4. The molecule has 1 aliphatic carbocycles. The van der Waals surface area contributed by atoms with Gasteiger partial charge in [0, 0.05) is 29.9 Å². The van der Waals surface area contributed by atoms with Gasteiger partial charge in [-0.15, -0.1) is 6.58 Å². The van der Waals surface area contributed by atoms with Crippen molar-refractivity contribution < 1.29 is 9.59 Å². The number of nitrogens with zero attached hydrogens (tertiary/aromatic N) is 2. The van der Waals surface area contributed by atoms with E-state index in [0.717, 1.165) is 5.71 Å². The summed E-state index contributed by atoms with van der Waals surface area (Å²) in [5, 5.41) is 15.2. The van der Waals surface area contributed by atoms with Crippen LogP contribution in [0.1, 0.15) is 18.0 Å².